The zero-order valence-electron chi connectivity index (χ0n) is 13.8. The minimum Gasteiger partial charge on any atom is -0.353 e. The molecule has 1 fully saturated rings. The molecule has 1 aliphatic rings. The van der Waals surface area contributed by atoms with E-state index in [2.05, 4.69) is 55.2 Å². The van der Waals surface area contributed by atoms with Crippen molar-refractivity contribution in [2.24, 2.45) is 0 Å². The van der Waals surface area contributed by atoms with Gasteiger partial charge in [0.1, 0.15) is 6.33 Å². The van der Waals surface area contributed by atoms with Crippen LogP contribution in [0.15, 0.2) is 49.1 Å². The van der Waals surface area contributed by atoms with Crippen LogP contribution in [0.2, 0.25) is 0 Å². The normalized spacial score (nSPS) is 15.9. The molecule has 0 bridgehead atoms. The molecule has 2 aromatic heterocycles. The Hall–Kier alpha value is -2.47. The monoisotopic (exact) mass is 322 g/mol. The summed E-state index contributed by atoms with van der Waals surface area (Å²) in [4.78, 5) is 13.4. The molecule has 0 radical (unpaired) electrons. The zero-order chi connectivity index (χ0) is 16.2. The number of benzene rings is 1. The lowest BCUT2D eigenvalue weighted by molar-refractivity contribution is 0.254. The van der Waals surface area contributed by atoms with Crippen LogP contribution in [0, 0.1) is 0 Å². The maximum absolute atomic E-state index is 4.31. The zero-order valence-corrected chi connectivity index (χ0v) is 13.8. The highest BCUT2D eigenvalue weighted by molar-refractivity contribution is 5.46. The third-order valence-corrected chi connectivity index (χ3v) is 4.65. The van der Waals surface area contributed by atoms with Gasteiger partial charge in [0, 0.05) is 26.2 Å². The van der Waals surface area contributed by atoms with Crippen LogP contribution < -0.4 is 4.90 Å². The first-order valence-electron chi connectivity index (χ1n) is 8.55. The average molecular weight is 322 g/mol. The molecule has 0 spiro atoms. The number of rotatable bonds is 5. The van der Waals surface area contributed by atoms with Gasteiger partial charge in [-0.3, -0.25) is 9.88 Å². The highest BCUT2D eigenvalue weighted by Gasteiger charge is 2.19. The van der Waals surface area contributed by atoms with Crippen molar-refractivity contribution >= 4 is 11.5 Å². The molecule has 24 heavy (non-hydrogen) atoms. The molecule has 0 atom stereocenters. The number of aryl methyl sites for hydroxylation is 1. The number of hydrogen-bond acceptors (Lipinski definition) is 5. The second kappa shape index (κ2) is 6.97. The second-order valence-corrected chi connectivity index (χ2v) is 6.21. The average Bonchev–Trinajstić information content (AvgIpc) is 3.12. The molecule has 0 unspecified atom stereocenters. The van der Waals surface area contributed by atoms with Crippen LogP contribution in [-0.4, -0.2) is 57.2 Å². The Morgan fingerprint density at radius 2 is 1.79 bits per heavy atom. The second-order valence-electron chi connectivity index (χ2n) is 6.21. The Morgan fingerprint density at radius 3 is 2.62 bits per heavy atom. The molecule has 1 aliphatic heterocycles. The molecule has 0 N–H and O–H groups in total. The predicted molar refractivity (Wildman–Crippen MR) is 94.2 cm³/mol. The summed E-state index contributed by atoms with van der Waals surface area (Å²) in [6.45, 7) is 5.34. The molecule has 0 amide bonds. The van der Waals surface area contributed by atoms with Crippen LogP contribution in [0.3, 0.4) is 0 Å². The first-order chi connectivity index (χ1) is 11.9. The molecule has 1 aromatic carbocycles. The summed E-state index contributed by atoms with van der Waals surface area (Å²) in [5, 5.41) is 4.31. The van der Waals surface area contributed by atoms with Crippen molar-refractivity contribution < 1.29 is 0 Å². The Bertz CT molecular complexity index is 776. The number of anilines is 1. The van der Waals surface area contributed by atoms with Crippen molar-refractivity contribution in [3.63, 3.8) is 0 Å². The van der Waals surface area contributed by atoms with Gasteiger partial charge >= 0.3 is 0 Å². The van der Waals surface area contributed by atoms with Gasteiger partial charge in [0.15, 0.2) is 11.5 Å². The molecule has 3 heterocycles. The van der Waals surface area contributed by atoms with Crippen molar-refractivity contribution in [2.45, 2.75) is 12.8 Å². The van der Waals surface area contributed by atoms with Crippen LogP contribution in [0.1, 0.15) is 12.0 Å². The van der Waals surface area contributed by atoms with Crippen molar-refractivity contribution in [3.05, 3.63) is 54.6 Å². The topological polar surface area (TPSA) is 49.6 Å². The highest BCUT2D eigenvalue weighted by atomic mass is 15.4. The van der Waals surface area contributed by atoms with Gasteiger partial charge in [-0.1, -0.05) is 30.3 Å². The third-order valence-electron chi connectivity index (χ3n) is 4.65. The van der Waals surface area contributed by atoms with Crippen molar-refractivity contribution in [1.29, 1.82) is 0 Å². The fourth-order valence-electron chi connectivity index (χ4n) is 3.31. The third kappa shape index (κ3) is 3.23. The van der Waals surface area contributed by atoms with Gasteiger partial charge < -0.3 is 4.90 Å². The minimum absolute atomic E-state index is 0.804. The molecule has 0 saturated carbocycles. The van der Waals surface area contributed by atoms with Gasteiger partial charge in [0.25, 0.3) is 0 Å². The van der Waals surface area contributed by atoms with Crippen molar-refractivity contribution in [2.75, 3.05) is 37.6 Å². The molecular formula is C18H22N6. The lowest BCUT2D eigenvalue weighted by Gasteiger charge is -2.35. The van der Waals surface area contributed by atoms with E-state index in [1.54, 1.807) is 12.5 Å². The molecule has 6 heteroatoms. The quantitative estimate of drug-likeness (QED) is 0.718. The Morgan fingerprint density at radius 1 is 0.958 bits per heavy atom. The fraction of sp³-hybridized carbons (Fsp3) is 0.389. The predicted octanol–water partition coefficient (Wildman–Crippen LogP) is 1.88. The molecule has 124 valence electrons. The molecule has 6 nitrogen and oxygen atoms in total. The molecule has 0 aliphatic carbocycles. The SMILES string of the molecule is c1ccc(CCCN2CCN(c3cncc4ncnn34)CC2)cc1. The summed E-state index contributed by atoms with van der Waals surface area (Å²) < 4.78 is 1.87. The van der Waals surface area contributed by atoms with E-state index in [1.165, 1.54) is 12.0 Å². The number of fused-ring (bicyclic) bond motifs is 1. The number of hydrogen-bond donors (Lipinski definition) is 0. The number of piperazine rings is 1. The van der Waals surface area contributed by atoms with E-state index in [-0.39, 0.29) is 0 Å². The van der Waals surface area contributed by atoms with E-state index in [0.29, 0.717) is 0 Å². The lowest BCUT2D eigenvalue weighted by atomic mass is 10.1. The summed E-state index contributed by atoms with van der Waals surface area (Å²) in [6.07, 6.45) is 7.58. The Balaban J connectivity index is 1.30. The molecular weight excluding hydrogens is 300 g/mol. The van der Waals surface area contributed by atoms with E-state index in [1.807, 2.05) is 10.7 Å². The summed E-state index contributed by atoms with van der Waals surface area (Å²) in [6, 6.07) is 10.7. The minimum atomic E-state index is 0.804. The Labute approximate surface area is 141 Å². The number of nitrogens with zero attached hydrogens (tertiary/aromatic N) is 6. The Kier molecular flexibility index (Phi) is 4.38. The lowest BCUT2D eigenvalue weighted by Crippen LogP contribution is -2.47. The summed E-state index contributed by atoms with van der Waals surface area (Å²) in [5.41, 5.74) is 2.23. The molecule has 1 saturated heterocycles. The van der Waals surface area contributed by atoms with Gasteiger partial charge in [0.05, 0.1) is 12.4 Å². The van der Waals surface area contributed by atoms with Crippen LogP contribution in [0.25, 0.3) is 5.65 Å². The van der Waals surface area contributed by atoms with E-state index in [9.17, 15) is 0 Å². The molecule has 4 rings (SSSR count). The summed E-state index contributed by atoms with van der Waals surface area (Å²) in [7, 11) is 0. The van der Waals surface area contributed by atoms with Crippen LogP contribution in [0.5, 0.6) is 0 Å². The van der Waals surface area contributed by atoms with Crippen LogP contribution >= 0.6 is 0 Å². The van der Waals surface area contributed by atoms with Crippen LogP contribution in [-0.2, 0) is 6.42 Å². The first kappa shape index (κ1) is 15.1. The standard InChI is InChI=1S/C18H22N6/c1-2-5-16(6-3-1)7-4-8-22-9-11-23(12-10-22)18-14-19-13-17-20-15-21-24(17)18/h1-3,5-6,13-15H,4,7-12H2. The van der Waals surface area contributed by atoms with Gasteiger partial charge in [0.2, 0.25) is 0 Å². The summed E-state index contributed by atoms with van der Waals surface area (Å²) >= 11 is 0. The van der Waals surface area contributed by atoms with Crippen molar-refractivity contribution in [1.82, 2.24) is 24.5 Å². The molecule has 3 aromatic rings. The number of aromatic nitrogens is 4. The van der Waals surface area contributed by atoms with Gasteiger partial charge in [-0.2, -0.15) is 9.61 Å². The smallest absolute Gasteiger partial charge is 0.175 e. The maximum atomic E-state index is 4.31. The summed E-state index contributed by atoms with van der Waals surface area (Å²) in [5.74, 6) is 1.04. The van der Waals surface area contributed by atoms with Crippen molar-refractivity contribution in [3.8, 4) is 0 Å². The maximum Gasteiger partial charge on any atom is 0.175 e. The largest absolute Gasteiger partial charge is 0.353 e. The van der Waals surface area contributed by atoms with E-state index >= 15 is 0 Å². The first-order valence-corrected chi connectivity index (χ1v) is 8.55. The van der Waals surface area contributed by atoms with E-state index in [0.717, 1.165) is 50.6 Å². The van der Waals surface area contributed by atoms with Gasteiger partial charge in [-0.15, -0.1) is 0 Å². The van der Waals surface area contributed by atoms with E-state index < -0.39 is 0 Å². The fourth-order valence-corrected chi connectivity index (χ4v) is 3.31. The van der Waals surface area contributed by atoms with Gasteiger partial charge in [-0.25, -0.2) is 4.98 Å². The van der Waals surface area contributed by atoms with E-state index in [4.69, 9.17) is 0 Å². The highest BCUT2D eigenvalue weighted by Crippen LogP contribution is 2.16. The van der Waals surface area contributed by atoms with Crippen LogP contribution in [0.4, 0.5) is 5.82 Å². The van der Waals surface area contributed by atoms with Gasteiger partial charge in [-0.05, 0) is 24.9 Å².